The number of hydrogen-bond donors (Lipinski definition) is 2. The summed E-state index contributed by atoms with van der Waals surface area (Å²) in [7, 11) is 0. The van der Waals surface area contributed by atoms with Gasteiger partial charge in [-0.2, -0.15) is 0 Å². The van der Waals surface area contributed by atoms with Crippen molar-refractivity contribution in [2.75, 3.05) is 0 Å². The SMILES string of the molecule is CC(Sc1ccc2c(c1)CCC2)C(N)=NO. The van der Waals surface area contributed by atoms with Crippen LogP contribution in [0.25, 0.3) is 0 Å². The molecule has 1 atom stereocenters. The van der Waals surface area contributed by atoms with Crippen LogP contribution in [0.2, 0.25) is 0 Å². The monoisotopic (exact) mass is 236 g/mol. The topological polar surface area (TPSA) is 58.6 Å². The van der Waals surface area contributed by atoms with Crippen LogP contribution in [-0.4, -0.2) is 16.3 Å². The molecule has 0 fully saturated rings. The maximum absolute atomic E-state index is 8.59. The summed E-state index contributed by atoms with van der Waals surface area (Å²) in [5.41, 5.74) is 8.48. The highest BCUT2D eigenvalue weighted by Crippen LogP contribution is 2.29. The molecule has 0 saturated carbocycles. The van der Waals surface area contributed by atoms with Crippen molar-refractivity contribution < 1.29 is 5.21 Å². The van der Waals surface area contributed by atoms with Gasteiger partial charge in [0, 0.05) is 4.90 Å². The van der Waals surface area contributed by atoms with Crippen molar-refractivity contribution in [3.8, 4) is 0 Å². The lowest BCUT2D eigenvalue weighted by atomic mass is 10.1. The highest BCUT2D eigenvalue weighted by molar-refractivity contribution is 8.00. The van der Waals surface area contributed by atoms with Crippen LogP contribution >= 0.6 is 11.8 Å². The first-order valence-corrected chi connectivity index (χ1v) is 6.34. The van der Waals surface area contributed by atoms with E-state index in [0.717, 1.165) is 0 Å². The molecule has 3 nitrogen and oxygen atoms in total. The van der Waals surface area contributed by atoms with Gasteiger partial charge in [0.25, 0.3) is 0 Å². The molecule has 0 aliphatic heterocycles. The molecule has 1 aliphatic rings. The first kappa shape index (κ1) is 11.3. The summed E-state index contributed by atoms with van der Waals surface area (Å²) in [6.45, 7) is 1.94. The van der Waals surface area contributed by atoms with Gasteiger partial charge in [0.15, 0.2) is 5.84 Å². The molecule has 0 bridgehead atoms. The molecule has 2 rings (SSSR count). The van der Waals surface area contributed by atoms with Crippen LogP contribution in [0.1, 0.15) is 24.5 Å². The Labute approximate surface area is 99.7 Å². The maximum atomic E-state index is 8.59. The molecular weight excluding hydrogens is 220 g/mol. The molecule has 0 heterocycles. The Hall–Kier alpha value is -1.16. The Morgan fingerprint density at radius 3 is 2.94 bits per heavy atom. The number of aryl methyl sites for hydroxylation is 2. The molecule has 1 aromatic carbocycles. The first-order chi connectivity index (χ1) is 7.70. The standard InChI is InChI=1S/C12H16N2OS/c1-8(12(13)14-15)16-11-6-5-9-3-2-4-10(9)7-11/h5-8,15H,2-4H2,1H3,(H2,13,14). The lowest BCUT2D eigenvalue weighted by molar-refractivity contribution is 0.317. The fraction of sp³-hybridized carbons (Fsp3) is 0.417. The van der Waals surface area contributed by atoms with Gasteiger partial charge < -0.3 is 10.9 Å². The molecule has 3 N–H and O–H groups in total. The van der Waals surface area contributed by atoms with Crippen molar-refractivity contribution in [2.24, 2.45) is 10.9 Å². The molecule has 0 amide bonds. The van der Waals surface area contributed by atoms with E-state index >= 15 is 0 Å². The third-order valence-electron chi connectivity index (χ3n) is 2.91. The molecule has 86 valence electrons. The van der Waals surface area contributed by atoms with Crippen LogP contribution in [0.4, 0.5) is 0 Å². The first-order valence-electron chi connectivity index (χ1n) is 5.46. The van der Waals surface area contributed by atoms with Crippen LogP contribution in [0.3, 0.4) is 0 Å². The number of hydrogen-bond acceptors (Lipinski definition) is 3. The van der Waals surface area contributed by atoms with Crippen molar-refractivity contribution >= 4 is 17.6 Å². The molecular formula is C12H16N2OS. The smallest absolute Gasteiger partial charge is 0.152 e. The number of oxime groups is 1. The van der Waals surface area contributed by atoms with Gasteiger partial charge >= 0.3 is 0 Å². The van der Waals surface area contributed by atoms with E-state index in [2.05, 4.69) is 23.4 Å². The molecule has 1 unspecified atom stereocenters. The van der Waals surface area contributed by atoms with E-state index in [4.69, 9.17) is 10.9 Å². The molecule has 1 aliphatic carbocycles. The fourth-order valence-electron chi connectivity index (χ4n) is 1.97. The average molecular weight is 236 g/mol. The van der Waals surface area contributed by atoms with E-state index in [1.165, 1.54) is 35.3 Å². The van der Waals surface area contributed by atoms with Crippen molar-refractivity contribution in [1.29, 1.82) is 0 Å². The Morgan fingerprint density at radius 1 is 1.44 bits per heavy atom. The van der Waals surface area contributed by atoms with Gasteiger partial charge in [-0.05, 0) is 49.4 Å². The second kappa shape index (κ2) is 4.78. The van der Waals surface area contributed by atoms with E-state index in [9.17, 15) is 0 Å². The van der Waals surface area contributed by atoms with Crippen molar-refractivity contribution in [3.05, 3.63) is 29.3 Å². The second-order valence-corrected chi connectivity index (χ2v) is 5.48. The predicted octanol–water partition coefficient (Wildman–Crippen LogP) is 2.40. The highest BCUT2D eigenvalue weighted by atomic mass is 32.2. The van der Waals surface area contributed by atoms with Crippen LogP contribution in [-0.2, 0) is 12.8 Å². The largest absolute Gasteiger partial charge is 0.409 e. The van der Waals surface area contributed by atoms with Gasteiger partial charge in [-0.3, -0.25) is 0 Å². The summed E-state index contributed by atoms with van der Waals surface area (Å²) >= 11 is 1.63. The lowest BCUT2D eigenvalue weighted by Gasteiger charge is -2.10. The summed E-state index contributed by atoms with van der Waals surface area (Å²) in [6.07, 6.45) is 3.65. The van der Waals surface area contributed by atoms with Gasteiger partial charge in [-0.25, -0.2) is 0 Å². The summed E-state index contributed by atoms with van der Waals surface area (Å²) in [6, 6.07) is 6.55. The van der Waals surface area contributed by atoms with Crippen LogP contribution < -0.4 is 5.73 Å². The summed E-state index contributed by atoms with van der Waals surface area (Å²) < 4.78 is 0. The Bertz CT molecular complexity index is 417. The van der Waals surface area contributed by atoms with Crippen LogP contribution in [0.5, 0.6) is 0 Å². The molecule has 0 aromatic heterocycles. The van der Waals surface area contributed by atoms with E-state index in [1.807, 2.05) is 6.92 Å². The number of fused-ring (bicyclic) bond motifs is 1. The normalized spacial score (nSPS) is 17.2. The van der Waals surface area contributed by atoms with Crippen molar-refractivity contribution in [2.45, 2.75) is 36.3 Å². The van der Waals surface area contributed by atoms with Crippen molar-refractivity contribution in [1.82, 2.24) is 0 Å². The minimum atomic E-state index is 0.00412. The average Bonchev–Trinajstić information content (AvgIpc) is 2.75. The summed E-state index contributed by atoms with van der Waals surface area (Å²) in [5.74, 6) is 0.269. The minimum Gasteiger partial charge on any atom is -0.409 e. The van der Waals surface area contributed by atoms with Gasteiger partial charge in [0.2, 0.25) is 0 Å². The molecule has 0 radical (unpaired) electrons. The number of nitrogens with zero attached hydrogens (tertiary/aromatic N) is 1. The Balaban J connectivity index is 2.11. The zero-order valence-corrected chi connectivity index (χ0v) is 10.1. The maximum Gasteiger partial charge on any atom is 0.152 e. The van der Waals surface area contributed by atoms with E-state index < -0.39 is 0 Å². The molecule has 16 heavy (non-hydrogen) atoms. The third kappa shape index (κ3) is 2.32. The molecule has 0 saturated heterocycles. The number of benzene rings is 1. The van der Waals surface area contributed by atoms with E-state index in [0.29, 0.717) is 0 Å². The van der Waals surface area contributed by atoms with Crippen LogP contribution in [0.15, 0.2) is 28.3 Å². The van der Waals surface area contributed by atoms with Crippen LogP contribution in [0, 0.1) is 0 Å². The zero-order valence-electron chi connectivity index (χ0n) is 9.31. The Kier molecular flexibility index (Phi) is 3.39. The van der Waals surface area contributed by atoms with Gasteiger partial charge in [-0.15, -0.1) is 11.8 Å². The second-order valence-electron chi connectivity index (χ2n) is 4.07. The number of rotatable bonds is 3. The summed E-state index contributed by atoms with van der Waals surface area (Å²) in [5, 5.41) is 11.6. The quantitative estimate of drug-likeness (QED) is 0.278. The number of thioether (sulfide) groups is 1. The zero-order chi connectivity index (χ0) is 11.5. The minimum absolute atomic E-state index is 0.00412. The Morgan fingerprint density at radius 2 is 2.19 bits per heavy atom. The highest BCUT2D eigenvalue weighted by Gasteiger charge is 2.13. The van der Waals surface area contributed by atoms with E-state index in [1.54, 1.807) is 11.8 Å². The number of nitrogens with two attached hydrogens (primary N) is 1. The number of amidine groups is 1. The lowest BCUT2D eigenvalue weighted by Crippen LogP contribution is -2.23. The molecule has 0 spiro atoms. The third-order valence-corrected chi connectivity index (χ3v) is 4.04. The van der Waals surface area contributed by atoms with E-state index in [-0.39, 0.29) is 11.1 Å². The predicted molar refractivity (Wildman–Crippen MR) is 67.2 cm³/mol. The molecule has 1 aromatic rings. The summed E-state index contributed by atoms with van der Waals surface area (Å²) in [4.78, 5) is 1.19. The molecule has 4 heteroatoms. The van der Waals surface area contributed by atoms with Gasteiger partial charge in [-0.1, -0.05) is 11.2 Å². The van der Waals surface area contributed by atoms with Gasteiger partial charge in [0.05, 0.1) is 5.25 Å². The van der Waals surface area contributed by atoms with Crippen molar-refractivity contribution in [3.63, 3.8) is 0 Å². The fourth-order valence-corrected chi connectivity index (χ4v) is 2.90. The van der Waals surface area contributed by atoms with Gasteiger partial charge in [0.1, 0.15) is 0 Å².